The van der Waals surface area contributed by atoms with Crippen molar-refractivity contribution >= 4 is 36.7 Å². The molecule has 0 saturated carbocycles. The minimum atomic E-state index is -3.47. The third-order valence-corrected chi connectivity index (χ3v) is 7.56. The van der Waals surface area contributed by atoms with Crippen LogP contribution in [0.4, 0.5) is 0 Å². The highest BCUT2D eigenvalue weighted by Gasteiger charge is 2.29. The highest BCUT2D eigenvalue weighted by atomic mass is 79.9. The summed E-state index contributed by atoms with van der Waals surface area (Å²) < 4.78 is 28.6. The average molecular weight is 416 g/mol. The van der Waals surface area contributed by atoms with E-state index in [4.69, 9.17) is 0 Å². The van der Waals surface area contributed by atoms with Crippen LogP contribution in [-0.2, 0) is 23.0 Å². The first-order valence-corrected chi connectivity index (χ1v) is 10.5. The second-order valence-electron chi connectivity index (χ2n) is 6.45. The van der Waals surface area contributed by atoms with Crippen LogP contribution in [0.2, 0.25) is 0 Å². The van der Waals surface area contributed by atoms with Crippen molar-refractivity contribution < 1.29 is 8.42 Å². The molecule has 0 bridgehead atoms. The molecule has 1 aliphatic rings. The van der Waals surface area contributed by atoms with Crippen molar-refractivity contribution in [3.63, 3.8) is 0 Å². The molecule has 0 spiro atoms. The Labute approximate surface area is 156 Å². The lowest BCUT2D eigenvalue weighted by Gasteiger charge is -2.29. The van der Waals surface area contributed by atoms with Crippen LogP contribution >= 0.6 is 15.9 Å². The van der Waals surface area contributed by atoms with Crippen molar-refractivity contribution in [2.75, 3.05) is 6.54 Å². The number of hydrogen-bond donors (Lipinski definition) is 0. The fourth-order valence-electron chi connectivity index (χ4n) is 3.38. The second kappa shape index (κ2) is 6.24. The molecule has 0 aliphatic carbocycles. The Morgan fingerprint density at radius 3 is 2.52 bits per heavy atom. The summed E-state index contributed by atoms with van der Waals surface area (Å²) in [7, 11) is -3.47. The van der Waals surface area contributed by atoms with Crippen LogP contribution < -0.4 is 0 Å². The SMILES string of the molecule is Cc1ccc(S(=O)(=O)N2CCc3c(cc4ccccc4c3Br)C2)cc1. The molecule has 3 aromatic carbocycles. The van der Waals surface area contributed by atoms with Crippen LogP contribution in [0, 0.1) is 6.92 Å². The number of rotatable bonds is 2. The average Bonchev–Trinajstić information content (AvgIpc) is 2.62. The van der Waals surface area contributed by atoms with E-state index in [1.807, 2.05) is 31.2 Å². The van der Waals surface area contributed by atoms with Crippen LogP contribution in [0.15, 0.2) is 64.0 Å². The van der Waals surface area contributed by atoms with Crippen molar-refractivity contribution in [1.82, 2.24) is 4.31 Å². The van der Waals surface area contributed by atoms with Gasteiger partial charge in [-0.05, 0) is 69.4 Å². The summed E-state index contributed by atoms with van der Waals surface area (Å²) in [5.74, 6) is 0. The first kappa shape index (κ1) is 16.8. The number of hydrogen-bond acceptors (Lipinski definition) is 2. The van der Waals surface area contributed by atoms with Gasteiger partial charge < -0.3 is 0 Å². The predicted octanol–water partition coefficient (Wildman–Crippen LogP) is 4.66. The van der Waals surface area contributed by atoms with Crippen molar-refractivity contribution in [2.45, 2.75) is 24.8 Å². The minimum absolute atomic E-state index is 0.362. The number of fused-ring (bicyclic) bond motifs is 2. The van der Waals surface area contributed by atoms with Crippen LogP contribution in [-0.4, -0.2) is 19.3 Å². The van der Waals surface area contributed by atoms with Crippen LogP contribution in [0.3, 0.4) is 0 Å². The summed E-state index contributed by atoms with van der Waals surface area (Å²) in [6.45, 7) is 2.87. The van der Waals surface area contributed by atoms with E-state index in [1.165, 1.54) is 10.9 Å². The van der Waals surface area contributed by atoms with Gasteiger partial charge in [-0.15, -0.1) is 0 Å². The Morgan fingerprint density at radius 2 is 1.76 bits per heavy atom. The summed E-state index contributed by atoms with van der Waals surface area (Å²) in [4.78, 5) is 0.362. The number of sulfonamides is 1. The van der Waals surface area contributed by atoms with Gasteiger partial charge in [-0.2, -0.15) is 4.31 Å². The molecule has 0 fully saturated rings. The Hall–Kier alpha value is -1.69. The lowest BCUT2D eigenvalue weighted by Crippen LogP contribution is -2.36. The van der Waals surface area contributed by atoms with Crippen LogP contribution in [0.25, 0.3) is 10.8 Å². The third-order valence-electron chi connectivity index (χ3n) is 4.80. The van der Waals surface area contributed by atoms with Gasteiger partial charge in [-0.1, -0.05) is 42.0 Å². The largest absolute Gasteiger partial charge is 0.243 e. The van der Waals surface area contributed by atoms with Crippen LogP contribution in [0.5, 0.6) is 0 Å². The Morgan fingerprint density at radius 1 is 1.04 bits per heavy atom. The Bertz CT molecular complexity index is 1060. The normalized spacial score (nSPS) is 15.3. The van der Waals surface area contributed by atoms with Crippen molar-refractivity contribution in [1.29, 1.82) is 0 Å². The summed E-state index contributed by atoms with van der Waals surface area (Å²) >= 11 is 3.72. The molecule has 5 heteroatoms. The van der Waals surface area contributed by atoms with E-state index in [9.17, 15) is 8.42 Å². The Kier molecular flexibility index (Phi) is 4.18. The molecule has 0 atom stereocenters. The molecule has 3 nitrogen and oxygen atoms in total. The van der Waals surface area contributed by atoms with Gasteiger partial charge in [0.15, 0.2) is 0 Å². The number of nitrogens with zero attached hydrogens (tertiary/aromatic N) is 1. The summed E-state index contributed by atoms with van der Waals surface area (Å²) in [5.41, 5.74) is 3.35. The number of aryl methyl sites for hydroxylation is 1. The fourth-order valence-corrected chi connectivity index (χ4v) is 5.62. The molecule has 128 valence electrons. The molecule has 1 aliphatic heterocycles. The third kappa shape index (κ3) is 2.90. The van der Waals surface area contributed by atoms with Gasteiger partial charge in [-0.25, -0.2) is 8.42 Å². The van der Waals surface area contributed by atoms with E-state index < -0.39 is 10.0 Å². The zero-order chi connectivity index (χ0) is 17.6. The lowest BCUT2D eigenvalue weighted by atomic mass is 9.96. The second-order valence-corrected chi connectivity index (χ2v) is 9.18. The molecular formula is C20H18BrNO2S. The zero-order valence-corrected chi connectivity index (χ0v) is 16.3. The van der Waals surface area contributed by atoms with Gasteiger partial charge in [0.1, 0.15) is 0 Å². The molecule has 0 N–H and O–H groups in total. The fraction of sp³-hybridized carbons (Fsp3) is 0.200. The van der Waals surface area contributed by atoms with Crippen molar-refractivity contribution in [2.24, 2.45) is 0 Å². The molecular weight excluding hydrogens is 398 g/mol. The molecule has 0 aromatic heterocycles. The van der Waals surface area contributed by atoms with Gasteiger partial charge in [0.2, 0.25) is 10.0 Å². The predicted molar refractivity (Wildman–Crippen MR) is 104 cm³/mol. The van der Waals surface area contributed by atoms with Crippen molar-refractivity contribution in [3.8, 4) is 0 Å². The van der Waals surface area contributed by atoms with E-state index >= 15 is 0 Å². The lowest BCUT2D eigenvalue weighted by molar-refractivity contribution is 0.391. The molecule has 0 unspecified atom stereocenters. The first-order chi connectivity index (χ1) is 12.0. The van der Waals surface area contributed by atoms with Gasteiger partial charge in [0.25, 0.3) is 0 Å². The van der Waals surface area contributed by atoms with E-state index in [0.29, 0.717) is 24.4 Å². The maximum atomic E-state index is 13.0. The highest BCUT2D eigenvalue weighted by molar-refractivity contribution is 9.10. The first-order valence-electron chi connectivity index (χ1n) is 8.22. The van der Waals surface area contributed by atoms with Crippen molar-refractivity contribution in [3.05, 3.63) is 75.8 Å². The number of halogens is 1. The quantitative estimate of drug-likeness (QED) is 0.610. The molecule has 3 aromatic rings. The zero-order valence-electron chi connectivity index (χ0n) is 13.9. The topological polar surface area (TPSA) is 37.4 Å². The summed E-state index contributed by atoms with van der Waals surface area (Å²) in [6, 6.07) is 17.4. The molecule has 0 radical (unpaired) electrons. The van der Waals surface area contributed by atoms with Gasteiger partial charge in [-0.3, -0.25) is 0 Å². The monoisotopic (exact) mass is 415 g/mol. The van der Waals surface area contributed by atoms with Crippen LogP contribution in [0.1, 0.15) is 16.7 Å². The molecule has 1 heterocycles. The summed E-state index contributed by atoms with van der Waals surface area (Å²) in [6.07, 6.45) is 0.714. The van der Waals surface area contributed by atoms with E-state index in [1.54, 1.807) is 16.4 Å². The molecule has 0 amide bonds. The smallest absolute Gasteiger partial charge is 0.207 e. The van der Waals surface area contributed by atoms with E-state index in [-0.39, 0.29) is 0 Å². The highest BCUT2D eigenvalue weighted by Crippen LogP contribution is 2.35. The molecule has 0 saturated heterocycles. The van der Waals surface area contributed by atoms with E-state index in [2.05, 4.69) is 34.1 Å². The van der Waals surface area contributed by atoms with Gasteiger partial charge in [0, 0.05) is 17.6 Å². The molecule has 25 heavy (non-hydrogen) atoms. The standard InChI is InChI=1S/C20H18BrNO2S/c1-14-6-8-17(9-7-14)25(23,24)22-11-10-19-16(13-22)12-15-4-2-3-5-18(15)20(19)21/h2-9,12H,10-11,13H2,1H3. The summed E-state index contributed by atoms with van der Waals surface area (Å²) in [5, 5.41) is 2.30. The Balaban J connectivity index is 1.74. The molecule has 4 rings (SSSR count). The number of benzene rings is 3. The minimum Gasteiger partial charge on any atom is -0.207 e. The maximum absolute atomic E-state index is 13.0. The van der Waals surface area contributed by atoms with Gasteiger partial charge >= 0.3 is 0 Å². The van der Waals surface area contributed by atoms with Gasteiger partial charge in [0.05, 0.1) is 4.90 Å². The maximum Gasteiger partial charge on any atom is 0.243 e. The van der Waals surface area contributed by atoms with E-state index in [0.717, 1.165) is 21.0 Å².